The number of nitrogens with zero attached hydrogens (tertiary/aromatic N) is 1. The van der Waals surface area contributed by atoms with Crippen molar-refractivity contribution >= 4 is 0 Å². The summed E-state index contributed by atoms with van der Waals surface area (Å²) in [4.78, 5) is 2.51. The van der Waals surface area contributed by atoms with Crippen molar-refractivity contribution in [2.24, 2.45) is 0 Å². The molecule has 0 bridgehead atoms. The molecule has 1 atom stereocenters. The molecule has 1 aliphatic heterocycles. The van der Waals surface area contributed by atoms with Gasteiger partial charge in [0.2, 0.25) is 0 Å². The van der Waals surface area contributed by atoms with E-state index in [0.29, 0.717) is 6.04 Å². The molecule has 1 aromatic carbocycles. The summed E-state index contributed by atoms with van der Waals surface area (Å²) in [6.45, 7) is 6.70. The van der Waals surface area contributed by atoms with Crippen molar-refractivity contribution in [1.29, 1.82) is 0 Å². The number of rotatable bonds is 3. The summed E-state index contributed by atoms with van der Waals surface area (Å²) >= 11 is 0. The molecule has 1 heterocycles. The van der Waals surface area contributed by atoms with Gasteiger partial charge in [-0.25, -0.2) is 0 Å². The van der Waals surface area contributed by atoms with Crippen molar-refractivity contribution in [3.05, 3.63) is 29.8 Å². The molecule has 1 N–H and O–H groups in total. The molecule has 3 heteroatoms. The van der Waals surface area contributed by atoms with Crippen molar-refractivity contribution < 1.29 is 4.74 Å². The highest BCUT2D eigenvalue weighted by Gasteiger charge is 2.14. The van der Waals surface area contributed by atoms with Crippen LogP contribution in [-0.2, 0) is 6.54 Å². The van der Waals surface area contributed by atoms with Crippen molar-refractivity contribution in [3.8, 4) is 5.75 Å². The Kier molecular flexibility index (Phi) is 4.40. The first kappa shape index (κ1) is 12.4. The van der Waals surface area contributed by atoms with Gasteiger partial charge in [0, 0.05) is 19.1 Å². The van der Waals surface area contributed by atoms with Crippen LogP contribution in [0.2, 0.25) is 0 Å². The number of ether oxygens (including phenoxy) is 1. The molecule has 0 saturated carbocycles. The van der Waals surface area contributed by atoms with Gasteiger partial charge in [-0.2, -0.15) is 0 Å². The maximum Gasteiger partial charge on any atom is 0.119 e. The highest BCUT2D eigenvalue weighted by molar-refractivity contribution is 5.28. The van der Waals surface area contributed by atoms with E-state index < -0.39 is 0 Å². The fourth-order valence-electron chi connectivity index (χ4n) is 2.37. The summed E-state index contributed by atoms with van der Waals surface area (Å²) in [5.41, 5.74) is 1.33. The quantitative estimate of drug-likeness (QED) is 0.864. The summed E-state index contributed by atoms with van der Waals surface area (Å²) in [5, 5.41) is 3.52. The van der Waals surface area contributed by atoms with Crippen LogP contribution in [0.3, 0.4) is 0 Å². The SMILES string of the molecule is COc1cccc(CN2CCCNC(C)C2)c1. The number of hydrogen-bond acceptors (Lipinski definition) is 3. The molecule has 1 unspecified atom stereocenters. The van der Waals surface area contributed by atoms with E-state index in [1.807, 2.05) is 6.07 Å². The normalized spacial score (nSPS) is 22.1. The van der Waals surface area contributed by atoms with E-state index in [9.17, 15) is 0 Å². The fraction of sp³-hybridized carbons (Fsp3) is 0.571. The molecule has 1 fully saturated rings. The molecule has 0 spiro atoms. The van der Waals surface area contributed by atoms with Crippen LogP contribution in [0.4, 0.5) is 0 Å². The predicted octanol–water partition coefficient (Wildman–Crippen LogP) is 1.88. The van der Waals surface area contributed by atoms with E-state index in [1.165, 1.54) is 18.5 Å². The van der Waals surface area contributed by atoms with Crippen LogP contribution in [0.25, 0.3) is 0 Å². The van der Waals surface area contributed by atoms with E-state index in [1.54, 1.807) is 7.11 Å². The average molecular weight is 234 g/mol. The first-order valence-electron chi connectivity index (χ1n) is 6.36. The van der Waals surface area contributed by atoms with Gasteiger partial charge in [0.1, 0.15) is 5.75 Å². The van der Waals surface area contributed by atoms with Crippen LogP contribution in [0.15, 0.2) is 24.3 Å². The van der Waals surface area contributed by atoms with Crippen molar-refractivity contribution in [2.75, 3.05) is 26.7 Å². The Bertz CT molecular complexity index is 354. The maximum absolute atomic E-state index is 5.26. The lowest BCUT2D eigenvalue weighted by Gasteiger charge is -2.22. The van der Waals surface area contributed by atoms with E-state index in [0.717, 1.165) is 25.4 Å². The number of hydrogen-bond donors (Lipinski definition) is 1. The van der Waals surface area contributed by atoms with Crippen LogP contribution in [0, 0.1) is 0 Å². The smallest absolute Gasteiger partial charge is 0.119 e. The van der Waals surface area contributed by atoms with Gasteiger partial charge in [-0.05, 0) is 44.1 Å². The molecule has 0 aliphatic carbocycles. The van der Waals surface area contributed by atoms with Gasteiger partial charge < -0.3 is 10.1 Å². The lowest BCUT2D eigenvalue weighted by Crippen LogP contribution is -2.34. The van der Waals surface area contributed by atoms with E-state index in [2.05, 4.69) is 35.3 Å². The molecule has 1 aliphatic rings. The van der Waals surface area contributed by atoms with Crippen molar-refractivity contribution in [2.45, 2.75) is 25.9 Å². The van der Waals surface area contributed by atoms with E-state index in [-0.39, 0.29) is 0 Å². The second-order valence-corrected chi connectivity index (χ2v) is 4.80. The van der Waals surface area contributed by atoms with Crippen LogP contribution in [0.5, 0.6) is 5.75 Å². The van der Waals surface area contributed by atoms with Gasteiger partial charge in [0.05, 0.1) is 7.11 Å². The van der Waals surface area contributed by atoms with Gasteiger partial charge >= 0.3 is 0 Å². The van der Waals surface area contributed by atoms with Crippen LogP contribution >= 0.6 is 0 Å². The highest BCUT2D eigenvalue weighted by Crippen LogP contribution is 2.15. The van der Waals surface area contributed by atoms with Gasteiger partial charge in [-0.15, -0.1) is 0 Å². The molecule has 0 aromatic heterocycles. The Balaban J connectivity index is 1.98. The van der Waals surface area contributed by atoms with Gasteiger partial charge in [0.25, 0.3) is 0 Å². The minimum atomic E-state index is 0.586. The van der Waals surface area contributed by atoms with Gasteiger partial charge in [-0.1, -0.05) is 12.1 Å². The molecule has 1 saturated heterocycles. The van der Waals surface area contributed by atoms with Crippen LogP contribution < -0.4 is 10.1 Å². The summed E-state index contributed by atoms with van der Waals surface area (Å²) < 4.78 is 5.26. The molecule has 1 aromatic rings. The Morgan fingerprint density at radius 1 is 1.47 bits per heavy atom. The fourth-order valence-corrected chi connectivity index (χ4v) is 2.37. The zero-order chi connectivity index (χ0) is 12.1. The summed E-state index contributed by atoms with van der Waals surface area (Å²) in [5.74, 6) is 0.948. The van der Waals surface area contributed by atoms with Gasteiger partial charge in [-0.3, -0.25) is 4.90 Å². The van der Waals surface area contributed by atoms with Crippen molar-refractivity contribution in [1.82, 2.24) is 10.2 Å². The third-order valence-electron chi connectivity index (χ3n) is 3.22. The number of benzene rings is 1. The highest BCUT2D eigenvalue weighted by atomic mass is 16.5. The molecule has 0 radical (unpaired) electrons. The lowest BCUT2D eigenvalue weighted by molar-refractivity contribution is 0.264. The Labute approximate surface area is 104 Å². The standard InChI is InChI=1S/C14H22N2O/c1-12-10-16(8-4-7-15-12)11-13-5-3-6-14(9-13)17-2/h3,5-6,9,12,15H,4,7-8,10-11H2,1-2H3. The van der Waals surface area contributed by atoms with Gasteiger partial charge in [0.15, 0.2) is 0 Å². The third kappa shape index (κ3) is 3.72. The Morgan fingerprint density at radius 3 is 3.18 bits per heavy atom. The minimum Gasteiger partial charge on any atom is -0.497 e. The summed E-state index contributed by atoms with van der Waals surface area (Å²) in [6, 6.07) is 8.95. The molecule has 94 valence electrons. The van der Waals surface area contributed by atoms with E-state index >= 15 is 0 Å². The first-order valence-corrected chi connectivity index (χ1v) is 6.36. The second-order valence-electron chi connectivity index (χ2n) is 4.80. The molecule has 17 heavy (non-hydrogen) atoms. The first-order chi connectivity index (χ1) is 8.28. The lowest BCUT2D eigenvalue weighted by atomic mass is 10.2. The Hall–Kier alpha value is -1.06. The monoisotopic (exact) mass is 234 g/mol. The van der Waals surface area contributed by atoms with Crippen LogP contribution in [0.1, 0.15) is 18.9 Å². The molecule has 2 rings (SSSR count). The molecule has 3 nitrogen and oxygen atoms in total. The molecular weight excluding hydrogens is 212 g/mol. The second kappa shape index (κ2) is 6.03. The largest absolute Gasteiger partial charge is 0.497 e. The predicted molar refractivity (Wildman–Crippen MR) is 70.4 cm³/mol. The zero-order valence-corrected chi connectivity index (χ0v) is 10.8. The molecule has 0 amide bonds. The van der Waals surface area contributed by atoms with Crippen LogP contribution in [-0.4, -0.2) is 37.7 Å². The zero-order valence-electron chi connectivity index (χ0n) is 10.8. The third-order valence-corrected chi connectivity index (χ3v) is 3.22. The minimum absolute atomic E-state index is 0.586. The number of methoxy groups -OCH3 is 1. The average Bonchev–Trinajstić information content (AvgIpc) is 2.54. The topological polar surface area (TPSA) is 24.5 Å². The van der Waals surface area contributed by atoms with E-state index in [4.69, 9.17) is 4.74 Å². The van der Waals surface area contributed by atoms with Crippen molar-refractivity contribution in [3.63, 3.8) is 0 Å². The molecular formula is C14H22N2O. The summed E-state index contributed by atoms with van der Waals surface area (Å²) in [6.07, 6.45) is 1.23. The maximum atomic E-state index is 5.26. The summed E-state index contributed by atoms with van der Waals surface area (Å²) in [7, 11) is 1.72. The Morgan fingerprint density at radius 2 is 2.35 bits per heavy atom. The number of nitrogens with one attached hydrogen (secondary N) is 1.